The molecule has 1 N–H and O–H groups in total. The summed E-state index contributed by atoms with van der Waals surface area (Å²) in [6, 6.07) is 6.77. The molecule has 3 nitrogen and oxygen atoms in total. The van der Waals surface area contributed by atoms with Gasteiger partial charge in [-0.25, -0.2) is 0 Å². The average molecular weight is 243 g/mol. The molecule has 68 valence electrons. The van der Waals surface area contributed by atoms with Crippen molar-refractivity contribution < 1.29 is 14.7 Å². The van der Waals surface area contributed by atoms with E-state index in [2.05, 4.69) is 15.9 Å². The number of aldehydes is 1. The molecule has 0 radical (unpaired) electrons. The lowest BCUT2D eigenvalue weighted by molar-refractivity contribution is -0.140. The first-order valence-electron chi connectivity index (χ1n) is 3.59. The summed E-state index contributed by atoms with van der Waals surface area (Å²) in [5, 5.41) is 8.70. The Kier molecular flexibility index (Phi) is 3.19. The number of aliphatic carboxylic acids is 1. The highest BCUT2D eigenvalue weighted by molar-refractivity contribution is 9.10. The number of carbonyl (C=O) groups excluding carboxylic acids is 1. The van der Waals surface area contributed by atoms with Gasteiger partial charge >= 0.3 is 5.97 Å². The van der Waals surface area contributed by atoms with Crippen LogP contribution in [0.3, 0.4) is 0 Å². The summed E-state index contributed by atoms with van der Waals surface area (Å²) < 4.78 is 0.634. The first-order chi connectivity index (χ1) is 6.16. The molecule has 0 heterocycles. The van der Waals surface area contributed by atoms with Gasteiger partial charge in [0, 0.05) is 4.47 Å². The molecule has 0 fully saturated rings. The summed E-state index contributed by atoms with van der Waals surface area (Å²) in [5.41, 5.74) is 0.477. The van der Waals surface area contributed by atoms with Gasteiger partial charge in [0.1, 0.15) is 12.2 Å². The van der Waals surface area contributed by atoms with Crippen molar-refractivity contribution in [2.24, 2.45) is 0 Å². The van der Waals surface area contributed by atoms with E-state index in [0.717, 1.165) is 0 Å². The van der Waals surface area contributed by atoms with Gasteiger partial charge in [-0.3, -0.25) is 4.79 Å². The van der Waals surface area contributed by atoms with Crippen molar-refractivity contribution in [3.63, 3.8) is 0 Å². The Hall–Kier alpha value is -1.16. The second-order valence-electron chi connectivity index (χ2n) is 2.47. The fourth-order valence-corrected chi connectivity index (χ4v) is 1.52. The zero-order chi connectivity index (χ0) is 9.84. The minimum Gasteiger partial charge on any atom is -0.480 e. The van der Waals surface area contributed by atoms with Crippen LogP contribution in [0.25, 0.3) is 0 Å². The Labute approximate surface area is 83.5 Å². The lowest BCUT2D eigenvalue weighted by Crippen LogP contribution is -2.13. The third-order valence-corrected chi connectivity index (χ3v) is 2.36. The Morgan fingerprint density at radius 2 is 2.08 bits per heavy atom. The lowest BCUT2D eigenvalue weighted by Gasteiger charge is -2.06. The van der Waals surface area contributed by atoms with E-state index in [1.54, 1.807) is 24.3 Å². The van der Waals surface area contributed by atoms with Crippen LogP contribution in [0.5, 0.6) is 0 Å². The molecule has 0 saturated carbocycles. The summed E-state index contributed by atoms with van der Waals surface area (Å²) in [6.07, 6.45) is 0.419. The fourth-order valence-electron chi connectivity index (χ4n) is 0.992. The van der Waals surface area contributed by atoms with Gasteiger partial charge in [0.2, 0.25) is 0 Å². The van der Waals surface area contributed by atoms with Gasteiger partial charge in [0.15, 0.2) is 0 Å². The highest BCUT2D eigenvalue weighted by Crippen LogP contribution is 2.23. The van der Waals surface area contributed by atoms with Crippen molar-refractivity contribution >= 4 is 28.2 Å². The normalized spacial score (nSPS) is 12.1. The Bertz CT molecular complexity index is 335. The lowest BCUT2D eigenvalue weighted by atomic mass is 10.0. The summed E-state index contributed by atoms with van der Waals surface area (Å²) in [5.74, 6) is -2.22. The maximum absolute atomic E-state index is 10.6. The summed E-state index contributed by atoms with van der Waals surface area (Å²) >= 11 is 3.18. The molecule has 1 unspecified atom stereocenters. The van der Waals surface area contributed by atoms with Crippen LogP contribution < -0.4 is 0 Å². The smallest absolute Gasteiger partial charge is 0.318 e. The van der Waals surface area contributed by atoms with Crippen LogP contribution in [0.1, 0.15) is 11.5 Å². The highest BCUT2D eigenvalue weighted by Gasteiger charge is 2.20. The second kappa shape index (κ2) is 4.18. The highest BCUT2D eigenvalue weighted by atomic mass is 79.9. The molecule has 1 aromatic carbocycles. The van der Waals surface area contributed by atoms with Gasteiger partial charge in [0.25, 0.3) is 0 Å². The van der Waals surface area contributed by atoms with Crippen molar-refractivity contribution in [1.82, 2.24) is 0 Å². The van der Waals surface area contributed by atoms with Crippen LogP contribution in [-0.2, 0) is 9.59 Å². The summed E-state index contributed by atoms with van der Waals surface area (Å²) in [6.45, 7) is 0. The van der Waals surface area contributed by atoms with Crippen molar-refractivity contribution in [3.8, 4) is 0 Å². The topological polar surface area (TPSA) is 54.4 Å². The number of carboxylic acids is 1. The fraction of sp³-hybridized carbons (Fsp3) is 0.111. The Balaban J connectivity index is 3.12. The van der Waals surface area contributed by atoms with Crippen LogP contribution in [0, 0.1) is 0 Å². The van der Waals surface area contributed by atoms with E-state index in [4.69, 9.17) is 5.11 Å². The largest absolute Gasteiger partial charge is 0.480 e. The number of halogens is 1. The van der Waals surface area contributed by atoms with Gasteiger partial charge < -0.3 is 9.90 Å². The van der Waals surface area contributed by atoms with Crippen LogP contribution in [0.15, 0.2) is 28.7 Å². The maximum Gasteiger partial charge on any atom is 0.318 e. The van der Waals surface area contributed by atoms with E-state index in [-0.39, 0.29) is 0 Å². The van der Waals surface area contributed by atoms with Gasteiger partial charge in [-0.2, -0.15) is 0 Å². The molecule has 0 bridgehead atoms. The minimum atomic E-state index is -1.14. The molecular formula is C9H7BrO3. The van der Waals surface area contributed by atoms with Gasteiger partial charge in [-0.1, -0.05) is 34.1 Å². The first-order valence-corrected chi connectivity index (χ1v) is 4.38. The van der Waals surface area contributed by atoms with E-state index in [1.165, 1.54) is 0 Å². The number of carbonyl (C=O) groups is 2. The second-order valence-corrected chi connectivity index (χ2v) is 3.33. The molecule has 1 rings (SSSR count). The van der Waals surface area contributed by atoms with E-state index in [1.807, 2.05) is 0 Å². The molecule has 0 saturated heterocycles. The number of rotatable bonds is 3. The molecule has 0 aliphatic carbocycles. The third-order valence-electron chi connectivity index (χ3n) is 1.64. The van der Waals surface area contributed by atoms with Gasteiger partial charge in [0.05, 0.1) is 0 Å². The van der Waals surface area contributed by atoms with Crippen LogP contribution >= 0.6 is 15.9 Å². The molecule has 1 atom stereocenters. The maximum atomic E-state index is 10.6. The molecule has 4 heteroatoms. The monoisotopic (exact) mass is 242 g/mol. The summed E-state index contributed by atoms with van der Waals surface area (Å²) in [7, 11) is 0. The minimum absolute atomic E-state index is 0.419. The van der Waals surface area contributed by atoms with Crippen LogP contribution in [0.4, 0.5) is 0 Å². The Morgan fingerprint density at radius 3 is 2.54 bits per heavy atom. The van der Waals surface area contributed by atoms with E-state index < -0.39 is 11.9 Å². The van der Waals surface area contributed by atoms with Crippen molar-refractivity contribution in [2.45, 2.75) is 5.92 Å². The average Bonchev–Trinajstić information content (AvgIpc) is 2.09. The Morgan fingerprint density at radius 1 is 1.46 bits per heavy atom. The number of benzene rings is 1. The van der Waals surface area contributed by atoms with Gasteiger partial charge in [-0.15, -0.1) is 0 Å². The zero-order valence-electron chi connectivity index (χ0n) is 6.61. The van der Waals surface area contributed by atoms with E-state index in [9.17, 15) is 9.59 Å². The molecule has 0 aliphatic rings. The van der Waals surface area contributed by atoms with Crippen molar-refractivity contribution in [2.75, 3.05) is 0 Å². The molecule has 0 spiro atoms. The number of carboxylic acid groups (broad SMARTS) is 1. The zero-order valence-corrected chi connectivity index (χ0v) is 8.19. The SMILES string of the molecule is O=CC(C(=O)O)c1ccccc1Br. The van der Waals surface area contributed by atoms with Crippen LogP contribution in [0.2, 0.25) is 0 Å². The molecular weight excluding hydrogens is 236 g/mol. The van der Waals surface area contributed by atoms with E-state index >= 15 is 0 Å². The molecule has 0 aromatic heterocycles. The quantitative estimate of drug-likeness (QED) is 0.650. The first kappa shape index (κ1) is 9.92. The predicted octanol–water partition coefficient (Wildman–Crippen LogP) is 1.82. The van der Waals surface area contributed by atoms with Crippen molar-refractivity contribution in [1.29, 1.82) is 0 Å². The van der Waals surface area contributed by atoms with Gasteiger partial charge in [-0.05, 0) is 11.6 Å². The third kappa shape index (κ3) is 2.15. The number of hydrogen-bond acceptors (Lipinski definition) is 2. The molecule has 1 aromatic rings. The van der Waals surface area contributed by atoms with E-state index in [0.29, 0.717) is 16.3 Å². The van der Waals surface area contributed by atoms with Crippen LogP contribution in [-0.4, -0.2) is 17.4 Å². The number of hydrogen-bond donors (Lipinski definition) is 1. The standard InChI is InChI=1S/C9H7BrO3/c10-8-4-2-1-3-6(8)7(5-11)9(12)13/h1-5,7H,(H,12,13). The van der Waals surface area contributed by atoms with Crippen molar-refractivity contribution in [3.05, 3.63) is 34.3 Å². The summed E-state index contributed by atoms with van der Waals surface area (Å²) in [4.78, 5) is 21.1. The molecule has 0 amide bonds. The molecule has 0 aliphatic heterocycles. The predicted molar refractivity (Wildman–Crippen MR) is 50.6 cm³/mol. The molecule has 13 heavy (non-hydrogen) atoms.